The molecule has 2 heterocycles. The molecule has 1 unspecified atom stereocenters. The number of methoxy groups -OCH3 is 3. The number of hydrogen-bond donors (Lipinski definition) is 0. The van der Waals surface area contributed by atoms with Crippen LogP contribution < -0.4 is 18.9 Å². The molecular weight excluding hydrogens is 358 g/mol. The molecule has 6 nitrogen and oxygen atoms in total. The average molecular weight is 383 g/mol. The van der Waals surface area contributed by atoms with Crippen molar-refractivity contribution in [3.63, 3.8) is 0 Å². The van der Waals surface area contributed by atoms with E-state index in [1.807, 2.05) is 12.1 Å². The second kappa shape index (κ2) is 7.36. The molecule has 2 aromatic carbocycles. The molecule has 0 radical (unpaired) electrons. The summed E-state index contributed by atoms with van der Waals surface area (Å²) in [5.41, 5.74) is 5.00. The van der Waals surface area contributed by atoms with Crippen molar-refractivity contribution in [1.82, 2.24) is 4.90 Å². The van der Waals surface area contributed by atoms with Gasteiger partial charge in [0.15, 0.2) is 23.0 Å². The third-order valence-electron chi connectivity index (χ3n) is 5.64. The molecule has 0 aliphatic carbocycles. The van der Waals surface area contributed by atoms with Crippen LogP contribution >= 0.6 is 0 Å². The number of rotatable bonds is 4. The smallest absolute Gasteiger partial charge is 0.308 e. The van der Waals surface area contributed by atoms with Gasteiger partial charge < -0.3 is 18.9 Å². The Hall–Kier alpha value is -2.73. The molecule has 0 saturated heterocycles. The molecule has 148 valence electrons. The first-order chi connectivity index (χ1) is 13.5. The number of ether oxygens (including phenoxy) is 4. The molecule has 0 amide bonds. The molecule has 1 atom stereocenters. The molecular formula is C22H25NO5. The highest BCUT2D eigenvalue weighted by molar-refractivity contribution is 5.70. The normalized spacial score (nSPS) is 17.8. The lowest BCUT2D eigenvalue weighted by molar-refractivity contribution is -0.132. The Morgan fingerprint density at radius 1 is 0.893 bits per heavy atom. The van der Waals surface area contributed by atoms with E-state index in [9.17, 15) is 4.79 Å². The van der Waals surface area contributed by atoms with Crippen LogP contribution in [0.3, 0.4) is 0 Å². The average Bonchev–Trinajstić information content (AvgIpc) is 2.70. The van der Waals surface area contributed by atoms with Crippen molar-refractivity contribution in [2.45, 2.75) is 32.4 Å². The maximum atomic E-state index is 11.4. The van der Waals surface area contributed by atoms with Gasteiger partial charge in [-0.2, -0.15) is 0 Å². The second-order valence-corrected chi connectivity index (χ2v) is 7.21. The van der Waals surface area contributed by atoms with Crippen LogP contribution in [0.25, 0.3) is 0 Å². The van der Waals surface area contributed by atoms with E-state index in [1.165, 1.54) is 29.2 Å². The lowest BCUT2D eigenvalue weighted by Crippen LogP contribution is -2.39. The lowest BCUT2D eigenvalue weighted by atomic mass is 9.83. The predicted molar refractivity (Wildman–Crippen MR) is 104 cm³/mol. The highest BCUT2D eigenvalue weighted by Crippen LogP contribution is 2.44. The molecule has 0 bridgehead atoms. The number of nitrogens with zero attached hydrogens (tertiary/aromatic N) is 1. The Morgan fingerprint density at radius 2 is 1.50 bits per heavy atom. The van der Waals surface area contributed by atoms with E-state index in [0.717, 1.165) is 37.4 Å². The standard InChI is InChI=1S/C22H25NO5/c1-13(24)28-22-10-16-12-23-6-5-14-8-19(25-2)21(27-4)11-17(14)18(23)7-15(16)9-20(22)26-3/h8-11,18H,5-7,12H2,1-4H3. The van der Waals surface area contributed by atoms with E-state index < -0.39 is 0 Å². The van der Waals surface area contributed by atoms with Gasteiger partial charge in [0.05, 0.1) is 21.3 Å². The molecule has 0 spiro atoms. The van der Waals surface area contributed by atoms with Gasteiger partial charge in [-0.15, -0.1) is 0 Å². The van der Waals surface area contributed by atoms with Crippen LogP contribution in [-0.2, 0) is 24.2 Å². The Balaban J connectivity index is 1.73. The van der Waals surface area contributed by atoms with Crippen LogP contribution in [0.2, 0.25) is 0 Å². The minimum absolute atomic E-state index is 0.278. The summed E-state index contributed by atoms with van der Waals surface area (Å²) in [5, 5.41) is 0. The van der Waals surface area contributed by atoms with Crippen molar-refractivity contribution in [3.8, 4) is 23.0 Å². The monoisotopic (exact) mass is 383 g/mol. The summed E-state index contributed by atoms with van der Waals surface area (Å²) < 4.78 is 21.8. The summed E-state index contributed by atoms with van der Waals surface area (Å²) >= 11 is 0. The number of esters is 1. The van der Waals surface area contributed by atoms with Gasteiger partial charge in [-0.25, -0.2) is 0 Å². The van der Waals surface area contributed by atoms with E-state index in [4.69, 9.17) is 18.9 Å². The Kier molecular flexibility index (Phi) is 4.89. The Bertz CT molecular complexity index is 924. The fraction of sp³-hybridized carbons (Fsp3) is 0.409. The summed E-state index contributed by atoms with van der Waals surface area (Å²) in [6, 6.07) is 8.43. The number of carbonyl (C=O) groups is 1. The van der Waals surface area contributed by atoms with Crippen molar-refractivity contribution >= 4 is 5.97 Å². The molecule has 0 fully saturated rings. The SMILES string of the molecule is COc1cc2c(cc1OC)C1Cc3cc(OC)c(OC(C)=O)cc3CN1CC2. The van der Waals surface area contributed by atoms with E-state index >= 15 is 0 Å². The molecule has 0 aromatic heterocycles. The zero-order valence-corrected chi connectivity index (χ0v) is 16.7. The molecule has 0 N–H and O–H groups in total. The number of hydrogen-bond acceptors (Lipinski definition) is 6. The fourth-order valence-corrected chi connectivity index (χ4v) is 4.31. The van der Waals surface area contributed by atoms with Gasteiger partial charge in [-0.3, -0.25) is 9.69 Å². The minimum atomic E-state index is -0.347. The first kappa shape index (κ1) is 18.6. The molecule has 0 saturated carbocycles. The molecule has 4 rings (SSSR count). The first-order valence-corrected chi connectivity index (χ1v) is 9.41. The van der Waals surface area contributed by atoms with Crippen LogP contribution in [0.4, 0.5) is 0 Å². The van der Waals surface area contributed by atoms with E-state index in [0.29, 0.717) is 11.5 Å². The largest absolute Gasteiger partial charge is 0.493 e. The number of fused-ring (bicyclic) bond motifs is 4. The second-order valence-electron chi connectivity index (χ2n) is 7.21. The van der Waals surface area contributed by atoms with Gasteiger partial charge in [-0.05, 0) is 59.4 Å². The Labute approximate surface area is 165 Å². The molecule has 2 aromatic rings. The lowest BCUT2D eigenvalue weighted by Gasteiger charge is -2.41. The minimum Gasteiger partial charge on any atom is -0.493 e. The van der Waals surface area contributed by atoms with Gasteiger partial charge in [0.2, 0.25) is 0 Å². The van der Waals surface area contributed by atoms with Gasteiger partial charge in [0, 0.05) is 26.1 Å². The molecule has 28 heavy (non-hydrogen) atoms. The third-order valence-corrected chi connectivity index (χ3v) is 5.64. The quantitative estimate of drug-likeness (QED) is 0.597. The number of carbonyl (C=O) groups excluding carboxylic acids is 1. The van der Waals surface area contributed by atoms with Gasteiger partial charge in [0.1, 0.15) is 0 Å². The summed E-state index contributed by atoms with van der Waals surface area (Å²) in [6.45, 7) is 3.19. The fourth-order valence-electron chi connectivity index (χ4n) is 4.31. The third kappa shape index (κ3) is 3.18. The van der Waals surface area contributed by atoms with Crippen LogP contribution in [-0.4, -0.2) is 38.7 Å². The highest BCUT2D eigenvalue weighted by atomic mass is 16.6. The van der Waals surface area contributed by atoms with Gasteiger partial charge >= 0.3 is 5.97 Å². The summed E-state index contributed by atoms with van der Waals surface area (Å²) in [7, 11) is 4.93. The summed E-state index contributed by atoms with van der Waals surface area (Å²) in [4.78, 5) is 13.9. The maximum Gasteiger partial charge on any atom is 0.308 e. The van der Waals surface area contributed by atoms with E-state index in [2.05, 4.69) is 17.0 Å². The first-order valence-electron chi connectivity index (χ1n) is 9.41. The van der Waals surface area contributed by atoms with Crippen molar-refractivity contribution in [1.29, 1.82) is 0 Å². The van der Waals surface area contributed by atoms with Gasteiger partial charge in [0.25, 0.3) is 0 Å². The molecule has 6 heteroatoms. The highest BCUT2D eigenvalue weighted by Gasteiger charge is 2.34. The Morgan fingerprint density at radius 3 is 2.18 bits per heavy atom. The van der Waals surface area contributed by atoms with Crippen LogP contribution in [0.1, 0.15) is 35.2 Å². The molecule has 2 aliphatic rings. The van der Waals surface area contributed by atoms with E-state index in [-0.39, 0.29) is 12.0 Å². The maximum absolute atomic E-state index is 11.4. The van der Waals surface area contributed by atoms with Crippen molar-refractivity contribution in [2.24, 2.45) is 0 Å². The predicted octanol–water partition coefficient (Wildman–Crippen LogP) is 3.29. The molecule has 2 aliphatic heterocycles. The van der Waals surface area contributed by atoms with Gasteiger partial charge in [-0.1, -0.05) is 0 Å². The van der Waals surface area contributed by atoms with Crippen molar-refractivity contribution < 1.29 is 23.7 Å². The van der Waals surface area contributed by atoms with Crippen molar-refractivity contribution in [3.05, 3.63) is 46.5 Å². The van der Waals surface area contributed by atoms with E-state index in [1.54, 1.807) is 21.3 Å². The van der Waals surface area contributed by atoms with Crippen molar-refractivity contribution in [2.75, 3.05) is 27.9 Å². The zero-order valence-electron chi connectivity index (χ0n) is 16.7. The topological polar surface area (TPSA) is 57.2 Å². The van der Waals surface area contributed by atoms with Crippen LogP contribution in [0.15, 0.2) is 24.3 Å². The summed E-state index contributed by atoms with van der Waals surface area (Å²) in [5.74, 6) is 2.26. The summed E-state index contributed by atoms with van der Waals surface area (Å²) in [6.07, 6.45) is 1.84. The zero-order chi connectivity index (χ0) is 19.8. The van der Waals surface area contributed by atoms with Crippen LogP contribution in [0.5, 0.6) is 23.0 Å². The number of benzene rings is 2. The van der Waals surface area contributed by atoms with Crippen LogP contribution in [0, 0.1) is 0 Å².